The van der Waals surface area contributed by atoms with Gasteiger partial charge in [-0.15, -0.1) is 12.4 Å². The van der Waals surface area contributed by atoms with Crippen LogP contribution in [-0.4, -0.2) is 24.5 Å². The first kappa shape index (κ1) is 17.2. The maximum Gasteiger partial charge on any atom is 0.416 e. The monoisotopic (exact) mass is 282 g/mol. The van der Waals surface area contributed by atoms with E-state index in [0.717, 1.165) is 6.07 Å². The second-order valence-electron chi connectivity index (χ2n) is 4.20. The van der Waals surface area contributed by atoms with Gasteiger partial charge in [0.2, 0.25) is 0 Å². The van der Waals surface area contributed by atoms with Gasteiger partial charge in [0, 0.05) is 19.1 Å². The number of hydrogen-bond acceptors (Lipinski definition) is 2. The summed E-state index contributed by atoms with van der Waals surface area (Å²) >= 11 is 0. The predicted octanol–water partition coefficient (Wildman–Crippen LogP) is 2.91. The summed E-state index contributed by atoms with van der Waals surface area (Å²) in [5.41, 5.74) is 5.54. The lowest BCUT2D eigenvalue weighted by molar-refractivity contribution is -0.137. The number of halogens is 4. The molecule has 0 saturated heterocycles. The van der Waals surface area contributed by atoms with Crippen molar-refractivity contribution in [1.29, 1.82) is 0 Å². The van der Waals surface area contributed by atoms with E-state index in [2.05, 4.69) is 0 Å². The summed E-state index contributed by atoms with van der Waals surface area (Å²) in [6.45, 7) is 2.88. The first-order valence-electron chi connectivity index (χ1n) is 5.41. The number of likely N-dealkylation sites (N-methyl/N-ethyl adjacent to an activating group) is 1. The van der Waals surface area contributed by atoms with E-state index < -0.39 is 11.7 Å². The van der Waals surface area contributed by atoms with Crippen LogP contribution in [0.4, 0.5) is 13.2 Å². The quantitative estimate of drug-likeness (QED) is 0.920. The smallest absolute Gasteiger partial charge is 0.329 e. The molecule has 2 nitrogen and oxygen atoms in total. The van der Waals surface area contributed by atoms with Crippen LogP contribution in [0.15, 0.2) is 24.3 Å². The van der Waals surface area contributed by atoms with Crippen LogP contribution >= 0.6 is 12.4 Å². The first-order chi connectivity index (χ1) is 7.84. The Balaban J connectivity index is 0.00000289. The predicted molar refractivity (Wildman–Crippen MR) is 68.7 cm³/mol. The zero-order chi connectivity index (χ0) is 13.1. The summed E-state index contributed by atoms with van der Waals surface area (Å²) in [6.07, 6.45) is -4.28. The third-order valence-corrected chi connectivity index (χ3v) is 2.78. The van der Waals surface area contributed by atoms with E-state index in [9.17, 15) is 13.2 Å². The van der Waals surface area contributed by atoms with Crippen molar-refractivity contribution in [3.8, 4) is 0 Å². The average molecular weight is 283 g/mol. The number of hydrogen-bond donors (Lipinski definition) is 1. The minimum atomic E-state index is -4.28. The SMILES string of the molecule is CC(CN)N(C)Cc1cccc(C(F)(F)F)c1.Cl. The third kappa shape index (κ3) is 4.84. The van der Waals surface area contributed by atoms with Gasteiger partial charge in [-0.1, -0.05) is 18.2 Å². The number of nitrogens with two attached hydrogens (primary N) is 1. The molecule has 18 heavy (non-hydrogen) atoms. The largest absolute Gasteiger partial charge is 0.416 e. The molecule has 6 heteroatoms. The molecular formula is C12H18ClF3N2. The first-order valence-corrected chi connectivity index (χ1v) is 5.41. The second-order valence-corrected chi connectivity index (χ2v) is 4.20. The van der Waals surface area contributed by atoms with Crippen LogP contribution in [0.25, 0.3) is 0 Å². The van der Waals surface area contributed by atoms with E-state index in [1.165, 1.54) is 12.1 Å². The van der Waals surface area contributed by atoms with Crippen LogP contribution in [0.1, 0.15) is 18.1 Å². The van der Waals surface area contributed by atoms with E-state index in [0.29, 0.717) is 18.7 Å². The van der Waals surface area contributed by atoms with Crippen molar-refractivity contribution < 1.29 is 13.2 Å². The highest BCUT2D eigenvalue weighted by atomic mass is 35.5. The van der Waals surface area contributed by atoms with Crippen molar-refractivity contribution in [3.05, 3.63) is 35.4 Å². The zero-order valence-corrected chi connectivity index (χ0v) is 11.2. The standard InChI is InChI=1S/C12H17F3N2.ClH/c1-9(7-16)17(2)8-10-4-3-5-11(6-10)12(13,14)15;/h3-6,9H,7-8,16H2,1-2H3;1H. The fraction of sp³-hybridized carbons (Fsp3) is 0.500. The molecule has 2 N–H and O–H groups in total. The molecule has 0 spiro atoms. The molecule has 0 fully saturated rings. The molecule has 0 amide bonds. The van der Waals surface area contributed by atoms with E-state index in [4.69, 9.17) is 5.73 Å². The van der Waals surface area contributed by atoms with Crippen LogP contribution in [0.5, 0.6) is 0 Å². The van der Waals surface area contributed by atoms with Crippen molar-refractivity contribution in [2.45, 2.75) is 25.7 Å². The number of nitrogens with zero attached hydrogens (tertiary/aromatic N) is 1. The van der Waals surface area contributed by atoms with E-state index in [1.807, 2.05) is 18.9 Å². The Morgan fingerprint density at radius 3 is 2.44 bits per heavy atom. The summed E-state index contributed by atoms with van der Waals surface area (Å²) in [5.74, 6) is 0. The highest BCUT2D eigenvalue weighted by Gasteiger charge is 2.30. The van der Waals surface area contributed by atoms with Gasteiger partial charge in [0.15, 0.2) is 0 Å². The van der Waals surface area contributed by atoms with Crippen molar-refractivity contribution in [2.75, 3.05) is 13.6 Å². The van der Waals surface area contributed by atoms with Crippen molar-refractivity contribution in [3.63, 3.8) is 0 Å². The van der Waals surface area contributed by atoms with Gasteiger partial charge in [0.25, 0.3) is 0 Å². The van der Waals surface area contributed by atoms with Gasteiger partial charge in [-0.05, 0) is 25.6 Å². The Morgan fingerprint density at radius 2 is 1.94 bits per heavy atom. The summed E-state index contributed by atoms with van der Waals surface area (Å²) in [7, 11) is 1.85. The van der Waals surface area contributed by atoms with E-state index in [-0.39, 0.29) is 18.4 Å². The minimum Gasteiger partial charge on any atom is -0.329 e. The fourth-order valence-electron chi connectivity index (χ4n) is 1.47. The summed E-state index contributed by atoms with van der Waals surface area (Å²) in [6, 6.07) is 5.52. The van der Waals surface area contributed by atoms with Gasteiger partial charge < -0.3 is 5.73 Å². The van der Waals surface area contributed by atoms with Gasteiger partial charge in [-0.3, -0.25) is 4.90 Å². The van der Waals surface area contributed by atoms with Gasteiger partial charge in [-0.25, -0.2) is 0 Å². The molecule has 104 valence electrons. The highest BCUT2D eigenvalue weighted by molar-refractivity contribution is 5.85. The molecule has 1 unspecified atom stereocenters. The highest BCUT2D eigenvalue weighted by Crippen LogP contribution is 2.29. The lowest BCUT2D eigenvalue weighted by Crippen LogP contribution is -2.34. The molecule has 0 aliphatic heterocycles. The Kier molecular flexibility index (Phi) is 6.67. The number of benzene rings is 1. The van der Waals surface area contributed by atoms with Gasteiger partial charge in [0.05, 0.1) is 5.56 Å². The summed E-state index contributed by atoms with van der Waals surface area (Å²) in [5, 5.41) is 0. The second kappa shape index (κ2) is 6.97. The molecule has 0 aliphatic carbocycles. The molecular weight excluding hydrogens is 265 g/mol. The molecule has 0 aliphatic rings. The average Bonchev–Trinajstić information content (AvgIpc) is 2.27. The maximum absolute atomic E-state index is 12.5. The molecule has 0 bridgehead atoms. The minimum absolute atomic E-state index is 0. The van der Waals surface area contributed by atoms with Gasteiger partial charge in [-0.2, -0.15) is 13.2 Å². The Hall–Kier alpha value is -0.780. The fourth-order valence-corrected chi connectivity index (χ4v) is 1.47. The molecule has 1 atom stereocenters. The molecule has 1 aromatic carbocycles. The van der Waals surface area contributed by atoms with Gasteiger partial charge >= 0.3 is 6.18 Å². The Labute approximate surface area is 111 Å². The van der Waals surface area contributed by atoms with Gasteiger partial charge in [0.1, 0.15) is 0 Å². The van der Waals surface area contributed by atoms with E-state index >= 15 is 0 Å². The van der Waals surface area contributed by atoms with Crippen LogP contribution in [0, 0.1) is 0 Å². The lowest BCUT2D eigenvalue weighted by atomic mass is 10.1. The summed E-state index contributed by atoms with van der Waals surface area (Å²) in [4.78, 5) is 1.93. The normalized spacial score (nSPS) is 13.3. The number of alkyl halides is 3. The van der Waals surface area contributed by atoms with Crippen molar-refractivity contribution >= 4 is 12.4 Å². The molecule has 0 heterocycles. The molecule has 0 aromatic heterocycles. The van der Waals surface area contributed by atoms with Crippen LogP contribution in [0.2, 0.25) is 0 Å². The molecule has 1 aromatic rings. The van der Waals surface area contributed by atoms with Crippen LogP contribution in [0.3, 0.4) is 0 Å². The van der Waals surface area contributed by atoms with Crippen molar-refractivity contribution in [2.24, 2.45) is 5.73 Å². The maximum atomic E-state index is 12.5. The zero-order valence-electron chi connectivity index (χ0n) is 10.4. The topological polar surface area (TPSA) is 29.3 Å². The third-order valence-electron chi connectivity index (χ3n) is 2.78. The summed E-state index contributed by atoms with van der Waals surface area (Å²) < 4.78 is 37.5. The lowest BCUT2D eigenvalue weighted by Gasteiger charge is -2.23. The Morgan fingerprint density at radius 1 is 1.33 bits per heavy atom. The molecule has 0 saturated carbocycles. The van der Waals surface area contributed by atoms with Crippen LogP contribution in [-0.2, 0) is 12.7 Å². The molecule has 0 radical (unpaired) electrons. The van der Waals surface area contributed by atoms with Crippen molar-refractivity contribution in [1.82, 2.24) is 4.90 Å². The van der Waals surface area contributed by atoms with E-state index in [1.54, 1.807) is 6.07 Å². The Bertz CT molecular complexity index is 369. The number of rotatable bonds is 4. The molecule has 1 rings (SSSR count). The van der Waals surface area contributed by atoms with Crippen LogP contribution < -0.4 is 5.73 Å².